The van der Waals surface area contributed by atoms with Crippen molar-refractivity contribution in [1.29, 1.82) is 0 Å². The van der Waals surface area contributed by atoms with Crippen molar-refractivity contribution in [2.24, 2.45) is 0 Å². The molecule has 3 aromatic rings. The molecule has 1 N–H and O–H groups in total. The second kappa shape index (κ2) is 10.1. The standard InChI is InChI=1S/C23H24ClNO2.ClH/c24-22-10-4-2-7-18(22)16-27-23-12-11-17-6-1-3-9-20(17)21(23)15-25-14-19-8-5-13-26-19;/h1-4,6-7,9-12,19,25H,5,8,13-16H2;1H. The van der Waals surface area contributed by atoms with E-state index in [0.717, 1.165) is 48.9 Å². The first-order valence-electron chi connectivity index (χ1n) is 9.50. The van der Waals surface area contributed by atoms with Crippen molar-refractivity contribution in [3.63, 3.8) is 0 Å². The van der Waals surface area contributed by atoms with Crippen LogP contribution in [-0.4, -0.2) is 19.3 Å². The van der Waals surface area contributed by atoms with Gasteiger partial charge in [0.15, 0.2) is 0 Å². The molecule has 4 rings (SSSR count). The lowest BCUT2D eigenvalue weighted by Crippen LogP contribution is -2.26. The average Bonchev–Trinajstić information content (AvgIpc) is 3.21. The molecule has 1 heterocycles. The van der Waals surface area contributed by atoms with Crippen LogP contribution in [0, 0.1) is 0 Å². The van der Waals surface area contributed by atoms with E-state index < -0.39 is 0 Å². The molecule has 1 unspecified atom stereocenters. The lowest BCUT2D eigenvalue weighted by molar-refractivity contribution is 0.110. The van der Waals surface area contributed by atoms with Gasteiger partial charge in [-0.15, -0.1) is 12.4 Å². The van der Waals surface area contributed by atoms with Crippen LogP contribution >= 0.6 is 24.0 Å². The van der Waals surface area contributed by atoms with Gasteiger partial charge in [0.1, 0.15) is 12.4 Å². The number of nitrogens with one attached hydrogen (secondary N) is 1. The number of ether oxygens (including phenoxy) is 2. The first-order chi connectivity index (χ1) is 13.3. The lowest BCUT2D eigenvalue weighted by Gasteiger charge is -2.17. The summed E-state index contributed by atoms with van der Waals surface area (Å²) in [6.45, 7) is 2.95. The third-order valence-corrected chi connectivity index (χ3v) is 5.41. The van der Waals surface area contributed by atoms with Crippen LogP contribution in [0.3, 0.4) is 0 Å². The number of hydrogen-bond acceptors (Lipinski definition) is 3. The third-order valence-electron chi connectivity index (χ3n) is 5.04. The van der Waals surface area contributed by atoms with Gasteiger partial charge in [0, 0.05) is 35.8 Å². The number of fused-ring (bicyclic) bond motifs is 1. The SMILES string of the molecule is Cl.Clc1ccccc1COc1ccc2ccccc2c1CNCC1CCCO1. The van der Waals surface area contributed by atoms with E-state index in [2.05, 4.69) is 41.7 Å². The minimum atomic E-state index is 0. The summed E-state index contributed by atoms with van der Waals surface area (Å²) >= 11 is 6.28. The van der Waals surface area contributed by atoms with Gasteiger partial charge in [0.25, 0.3) is 0 Å². The number of benzene rings is 3. The smallest absolute Gasteiger partial charge is 0.124 e. The zero-order valence-electron chi connectivity index (χ0n) is 15.7. The Morgan fingerprint density at radius 1 is 1.04 bits per heavy atom. The Hall–Kier alpha value is -1.78. The average molecular weight is 418 g/mol. The van der Waals surface area contributed by atoms with Crippen LogP contribution in [-0.2, 0) is 17.9 Å². The molecule has 1 aliphatic rings. The van der Waals surface area contributed by atoms with Crippen molar-refractivity contribution < 1.29 is 9.47 Å². The zero-order valence-corrected chi connectivity index (χ0v) is 17.3. The predicted molar refractivity (Wildman–Crippen MR) is 118 cm³/mol. The Kier molecular flexibility index (Phi) is 7.57. The van der Waals surface area contributed by atoms with Gasteiger partial charge < -0.3 is 14.8 Å². The fourth-order valence-corrected chi connectivity index (χ4v) is 3.76. The van der Waals surface area contributed by atoms with Gasteiger partial charge >= 0.3 is 0 Å². The van der Waals surface area contributed by atoms with Crippen LogP contribution in [0.1, 0.15) is 24.0 Å². The van der Waals surface area contributed by atoms with Crippen LogP contribution in [0.5, 0.6) is 5.75 Å². The van der Waals surface area contributed by atoms with Crippen LogP contribution < -0.4 is 10.1 Å². The predicted octanol–water partition coefficient (Wildman–Crippen LogP) is 5.76. The van der Waals surface area contributed by atoms with E-state index in [0.29, 0.717) is 12.7 Å². The molecule has 1 fully saturated rings. The maximum absolute atomic E-state index is 6.28. The Morgan fingerprint density at radius 3 is 2.68 bits per heavy atom. The number of hydrogen-bond donors (Lipinski definition) is 1. The van der Waals surface area contributed by atoms with Crippen molar-refractivity contribution >= 4 is 34.8 Å². The molecule has 1 atom stereocenters. The molecule has 1 aliphatic heterocycles. The van der Waals surface area contributed by atoms with E-state index >= 15 is 0 Å². The molecular formula is C23H25Cl2NO2. The van der Waals surface area contributed by atoms with Crippen LogP contribution in [0.4, 0.5) is 0 Å². The minimum absolute atomic E-state index is 0. The fraction of sp³-hybridized carbons (Fsp3) is 0.304. The quantitative estimate of drug-likeness (QED) is 0.529. The first-order valence-corrected chi connectivity index (χ1v) is 9.88. The highest BCUT2D eigenvalue weighted by Crippen LogP contribution is 2.29. The van der Waals surface area contributed by atoms with E-state index in [-0.39, 0.29) is 12.4 Å². The molecule has 148 valence electrons. The minimum Gasteiger partial charge on any atom is -0.488 e. The maximum Gasteiger partial charge on any atom is 0.124 e. The fourth-order valence-electron chi connectivity index (χ4n) is 3.57. The summed E-state index contributed by atoms with van der Waals surface area (Å²) in [5.74, 6) is 0.897. The molecule has 0 spiro atoms. The molecule has 0 saturated carbocycles. The maximum atomic E-state index is 6.28. The van der Waals surface area contributed by atoms with Gasteiger partial charge in [-0.25, -0.2) is 0 Å². The van der Waals surface area contributed by atoms with Gasteiger partial charge in [-0.3, -0.25) is 0 Å². The van der Waals surface area contributed by atoms with Crippen molar-refractivity contribution in [2.45, 2.75) is 32.1 Å². The Bertz CT molecular complexity index is 910. The van der Waals surface area contributed by atoms with Gasteiger partial charge in [-0.1, -0.05) is 60.1 Å². The monoisotopic (exact) mass is 417 g/mol. The topological polar surface area (TPSA) is 30.5 Å². The Morgan fingerprint density at radius 2 is 1.86 bits per heavy atom. The highest BCUT2D eigenvalue weighted by molar-refractivity contribution is 6.31. The second-order valence-corrected chi connectivity index (χ2v) is 7.32. The second-order valence-electron chi connectivity index (χ2n) is 6.91. The lowest BCUT2D eigenvalue weighted by atomic mass is 10.0. The van der Waals surface area contributed by atoms with E-state index in [1.165, 1.54) is 16.3 Å². The Balaban J connectivity index is 0.00000225. The number of rotatable bonds is 7. The zero-order chi connectivity index (χ0) is 18.5. The van der Waals surface area contributed by atoms with Crippen LogP contribution in [0.2, 0.25) is 5.02 Å². The molecule has 3 nitrogen and oxygen atoms in total. The van der Waals surface area contributed by atoms with E-state index in [9.17, 15) is 0 Å². The summed E-state index contributed by atoms with van der Waals surface area (Å²) in [6, 6.07) is 20.4. The molecule has 28 heavy (non-hydrogen) atoms. The molecule has 5 heteroatoms. The first kappa shape index (κ1) is 20.9. The van der Waals surface area contributed by atoms with Gasteiger partial charge in [0.2, 0.25) is 0 Å². The summed E-state index contributed by atoms with van der Waals surface area (Å²) < 4.78 is 11.9. The molecule has 0 bridgehead atoms. The van der Waals surface area contributed by atoms with Crippen molar-refractivity contribution in [2.75, 3.05) is 13.2 Å². The summed E-state index contributed by atoms with van der Waals surface area (Å²) in [5.41, 5.74) is 2.17. The van der Waals surface area contributed by atoms with Crippen molar-refractivity contribution in [3.8, 4) is 5.75 Å². The summed E-state index contributed by atoms with van der Waals surface area (Å²) in [6.07, 6.45) is 2.62. The van der Waals surface area contributed by atoms with Gasteiger partial charge in [-0.2, -0.15) is 0 Å². The highest BCUT2D eigenvalue weighted by atomic mass is 35.5. The molecule has 1 saturated heterocycles. The summed E-state index contributed by atoms with van der Waals surface area (Å²) in [7, 11) is 0. The highest BCUT2D eigenvalue weighted by Gasteiger charge is 2.16. The molecule has 3 aromatic carbocycles. The third kappa shape index (κ3) is 4.98. The van der Waals surface area contributed by atoms with Gasteiger partial charge in [0.05, 0.1) is 6.10 Å². The molecular weight excluding hydrogens is 393 g/mol. The molecule has 0 aromatic heterocycles. The van der Waals surface area contributed by atoms with E-state index in [1.807, 2.05) is 24.3 Å². The van der Waals surface area contributed by atoms with Crippen LogP contribution in [0.25, 0.3) is 10.8 Å². The molecule has 0 radical (unpaired) electrons. The van der Waals surface area contributed by atoms with Crippen LogP contribution in [0.15, 0.2) is 60.7 Å². The normalized spacial score (nSPS) is 16.1. The summed E-state index contributed by atoms with van der Waals surface area (Å²) in [4.78, 5) is 0. The van der Waals surface area contributed by atoms with E-state index in [4.69, 9.17) is 21.1 Å². The largest absolute Gasteiger partial charge is 0.488 e. The van der Waals surface area contributed by atoms with Crippen molar-refractivity contribution in [1.82, 2.24) is 5.32 Å². The molecule has 0 amide bonds. The number of halogens is 2. The van der Waals surface area contributed by atoms with Crippen molar-refractivity contribution in [3.05, 3.63) is 76.8 Å². The van der Waals surface area contributed by atoms with Gasteiger partial charge in [-0.05, 0) is 35.7 Å². The van der Waals surface area contributed by atoms with E-state index in [1.54, 1.807) is 0 Å². The molecule has 0 aliphatic carbocycles. The summed E-state index contributed by atoms with van der Waals surface area (Å²) in [5, 5.41) is 6.72. The Labute approximate surface area is 177 Å².